The molecule has 1 aromatic carbocycles. The summed E-state index contributed by atoms with van der Waals surface area (Å²) in [5, 5.41) is 0. The highest BCUT2D eigenvalue weighted by atomic mass is 19.1. The highest BCUT2D eigenvalue weighted by Crippen LogP contribution is 2.15. The summed E-state index contributed by atoms with van der Waals surface area (Å²) in [6.45, 7) is 6.69. The number of carbonyl (C=O) groups excluding carboxylic acids is 2. The molecule has 3 nitrogen and oxygen atoms in total. The third-order valence-corrected chi connectivity index (χ3v) is 2.28. The number of esters is 1. The van der Waals surface area contributed by atoms with Gasteiger partial charge in [-0.05, 0) is 52.0 Å². The number of Topliss-reactive ketones (excluding diaryl/α,β-unsaturated/α-hetero) is 1. The molecule has 0 radical (unpaired) electrons. The molecular formula is C14H17FO3. The van der Waals surface area contributed by atoms with E-state index in [2.05, 4.69) is 0 Å². The molecule has 0 fully saturated rings. The fraction of sp³-hybridized carbons (Fsp3) is 0.429. The van der Waals surface area contributed by atoms with Gasteiger partial charge in [0.2, 0.25) is 0 Å². The average Bonchev–Trinajstić information content (AvgIpc) is 2.26. The van der Waals surface area contributed by atoms with Gasteiger partial charge in [-0.2, -0.15) is 0 Å². The van der Waals surface area contributed by atoms with Gasteiger partial charge in [-0.15, -0.1) is 0 Å². The number of halogens is 1. The minimum absolute atomic E-state index is 0.301. The fourth-order valence-electron chi connectivity index (χ4n) is 1.36. The third kappa shape index (κ3) is 3.95. The molecule has 0 bridgehead atoms. The van der Waals surface area contributed by atoms with Crippen molar-refractivity contribution in [3.8, 4) is 0 Å². The van der Waals surface area contributed by atoms with Gasteiger partial charge in [0.25, 0.3) is 0 Å². The lowest BCUT2D eigenvalue weighted by Crippen LogP contribution is -2.31. The van der Waals surface area contributed by atoms with Gasteiger partial charge >= 0.3 is 5.97 Å². The Kier molecular flexibility index (Phi) is 4.22. The highest BCUT2D eigenvalue weighted by molar-refractivity contribution is 6.08. The van der Waals surface area contributed by atoms with Crippen LogP contribution in [0.25, 0.3) is 0 Å². The van der Waals surface area contributed by atoms with Crippen molar-refractivity contribution in [1.29, 1.82) is 0 Å². The maximum absolute atomic E-state index is 12.7. The molecule has 0 saturated carbocycles. The quantitative estimate of drug-likeness (QED) is 0.472. The molecule has 18 heavy (non-hydrogen) atoms. The highest BCUT2D eigenvalue weighted by Gasteiger charge is 2.27. The topological polar surface area (TPSA) is 43.4 Å². The van der Waals surface area contributed by atoms with E-state index in [-0.39, 0.29) is 5.78 Å². The molecule has 1 atom stereocenters. The van der Waals surface area contributed by atoms with E-state index in [9.17, 15) is 14.0 Å². The largest absolute Gasteiger partial charge is 0.459 e. The van der Waals surface area contributed by atoms with Crippen LogP contribution in [0.2, 0.25) is 0 Å². The van der Waals surface area contributed by atoms with Crippen LogP contribution in [-0.2, 0) is 9.53 Å². The number of carbonyl (C=O) groups is 2. The van der Waals surface area contributed by atoms with Gasteiger partial charge in [-0.25, -0.2) is 4.39 Å². The number of benzene rings is 1. The smallest absolute Gasteiger partial charge is 0.317 e. The van der Waals surface area contributed by atoms with Crippen molar-refractivity contribution >= 4 is 11.8 Å². The number of ether oxygens (including phenoxy) is 1. The molecule has 0 N–H and O–H groups in total. The van der Waals surface area contributed by atoms with Crippen LogP contribution in [0.15, 0.2) is 24.3 Å². The first-order valence-corrected chi connectivity index (χ1v) is 5.73. The summed E-state index contributed by atoms with van der Waals surface area (Å²) in [4.78, 5) is 23.7. The fourth-order valence-corrected chi connectivity index (χ4v) is 1.36. The van der Waals surface area contributed by atoms with Crippen LogP contribution >= 0.6 is 0 Å². The molecule has 0 aliphatic carbocycles. The van der Waals surface area contributed by atoms with Crippen LogP contribution in [0.5, 0.6) is 0 Å². The lowest BCUT2D eigenvalue weighted by atomic mass is 9.99. The van der Waals surface area contributed by atoms with Crippen LogP contribution in [0.4, 0.5) is 4.39 Å². The second-order valence-corrected chi connectivity index (χ2v) is 5.13. The van der Waals surface area contributed by atoms with E-state index in [4.69, 9.17) is 4.74 Å². The van der Waals surface area contributed by atoms with Gasteiger partial charge in [-0.1, -0.05) is 0 Å². The van der Waals surface area contributed by atoms with Crippen LogP contribution in [0, 0.1) is 11.7 Å². The summed E-state index contributed by atoms with van der Waals surface area (Å²) in [5.41, 5.74) is -0.330. The maximum Gasteiger partial charge on any atom is 0.317 e. The van der Waals surface area contributed by atoms with Gasteiger partial charge in [0.15, 0.2) is 5.78 Å². The Morgan fingerprint density at radius 3 is 2.11 bits per heavy atom. The molecule has 98 valence electrons. The van der Waals surface area contributed by atoms with E-state index in [0.717, 1.165) is 0 Å². The molecule has 0 aliphatic heterocycles. The minimum Gasteiger partial charge on any atom is -0.459 e. The lowest BCUT2D eigenvalue weighted by molar-refractivity contribution is -0.157. The summed E-state index contributed by atoms with van der Waals surface area (Å²) in [7, 11) is 0. The zero-order valence-electron chi connectivity index (χ0n) is 11.0. The maximum atomic E-state index is 12.7. The molecule has 1 rings (SSSR count). The first-order valence-electron chi connectivity index (χ1n) is 5.73. The molecular weight excluding hydrogens is 235 g/mol. The van der Waals surface area contributed by atoms with Gasteiger partial charge in [-0.3, -0.25) is 9.59 Å². The monoisotopic (exact) mass is 252 g/mol. The zero-order chi connectivity index (χ0) is 13.9. The lowest BCUT2D eigenvalue weighted by Gasteiger charge is -2.21. The second-order valence-electron chi connectivity index (χ2n) is 5.13. The molecule has 4 heteroatoms. The Morgan fingerprint density at radius 2 is 1.67 bits per heavy atom. The number of hydrogen-bond donors (Lipinski definition) is 0. The second kappa shape index (κ2) is 5.29. The molecule has 0 aliphatic rings. The van der Waals surface area contributed by atoms with Crippen molar-refractivity contribution in [1.82, 2.24) is 0 Å². The molecule has 0 aromatic heterocycles. The Hall–Kier alpha value is -1.71. The predicted molar refractivity (Wildman–Crippen MR) is 65.7 cm³/mol. The van der Waals surface area contributed by atoms with E-state index in [1.54, 1.807) is 20.8 Å². The van der Waals surface area contributed by atoms with E-state index < -0.39 is 23.3 Å². The van der Waals surface area contributed by atoms with Gasteiger partial charge < -0.3 is 4.74 Å². The van der Waals surface area contributed by atoms with Crippen LogP contribution < -0.4 is 0 Å². The van der Waals surface area contributed by atoms with Gasteiger partial charge in [0.05, 0.1) is 0 Å². The van der Waals surface area contributed by atoms with Gasteiger partial charge in [0.1, 0.15) is 17.3 Å². The minimum atomic E-state index is -0.894. The summed E-state index contributed by atoms with van der Waals surface area (Å²) >= 11 is 0. The van der Waals surface area contributed by atoms with E-state index >= 15 is 0 Å². The Balaban J connectivity index is 2.78. The van der Waals surface area contributed by atoms with Crippen LogP contribution in [0.1, 0.15) is 38.1 Å². The summed E-state index contributed by atoms with van der Waals surface area (Å²) in [6, 6.07) is 5.10. The summed E-state index contributed by atoms with van der Waals surface area (Å²) < 4.78 is 17.9. The van der Waals surface area contributed by atoms with Crippen molar-refractivity contribution < 1.29 is 18.7 Å². The van der Waals surface area contributed by atoms with Crippen LogP contribution in [0.3, 0.4) is 0 Å². The van der Waals surface area contributed by atoms with Crippen molar-refractivity contribution in [3.63, 3.8) is 0 Å². The molecule has 0 spiro atoms. The summed E-state index contributed by atoms with van der Waals surface area (Å²) in [5.74, 6) is -2.26. The van der Waals surface area contributed by atoms with Crippen molar-refractivity contribution in [2.24, 2.45) is 5.92 Å². The number of ketones is 1. The molecule has 0 amide bonds. The molecule has 1 unspecified atom stereocenters. The van der Waals surface area contributed by atoms with E-state index in [1.165, 1.54) is 31.2 Å². The first kappa shape index (κ1) is 14.4. The zero-order valence-corrected chi connectivity index (χ0v) is 11.0. The Labute approximate surface area is 106 Å². The molecule has 0 saturated heterocycles. The Morgan fingerprint density at radius 1 is 1.17 bits per heavy atom. The van der Waals surface area contributed by atoms with Crippen molar-refractivity contribution in [2.45, 2.75) is 33.3 Å². The van der Waals surface area contributed by atoms with Crippen molar-refractivity contribution in [3.05, 3.63) is 35.6 Å². The number of hydrogen-bond acceptors (Lipinski definition) is 3. The average molecular weight is 252 g/mol. The molecule has 0 heterocycles. The van der Waals surface area contributed by atoms with Crippen molar-refractivity contribution in [2.75, 3.05) is 0 Å². The van der Waals surface area contributed by atoms with Gasteiger partial charge in [0, 0.05) is 5.56 Å². The standard InChI is InChI=1S/C14H17FO3/c1-9(13(17)18-14(2,3)4)12(16)10-5-7-11(15)8-6-10/h5-9H,1-4H3. The van der Waals surface area contributed by atoms with E-state index in [0.29, 0.717) is 5.56 Å². The third-order valence-electron chi connectivity index (χ3n) is 2.28. The SMILES string of the molecule is CC(C(=O)OC(C)(C)C)C(=O)c1ccc(F)cc1. The normalized spacial score (nSPS) is 12.9. The first-order chi connectivity index (χ1) is 8.20. The predicted octanol–water partition coefficient (Wildman–Crippen LogP) is 2.99. The Bertz CT molecular complexity index is 443. The summed E-state index contributed by atoms with van der Waals surface area (Å²) in [6.07, 6.45) is 0. The molecule has 1 aromatic rings. The van der Waals surface area contributed by atoms with Crippen LogP contribution in [-0.4, -0.2) is 17.4 Å². The number of rotatable bonds is 3. The van der Waals surface area contributed by atoms with E-state index in [1.807, 2.05) is 0 Å².